The number of rotatable bonds is 13. The van der Waals surface area contributed by atoms with Gasteiger partial charge in [-0.3, -0.25) is 0 Å². The van der Waals surface area contributed by atoms with Gasteiger partial charge in [-0.2, -0.15) is 0 Å². The van der Waals surface area contributed by atoms with Crippen molar-refractivity contribution < 1.29 is 14.2 Å². The van der Waals surface area contributed by atoms with E-state index in [2.05, 4.69) is 34.0 Å². The first-order valence-electron chi connectivity index (χ1n) is 11.4. The molecule has 0 spiro atoms. The van der Waals surface area contributed by atoms with Crippen LogP contribution in [0.3, 0.4) is 0 Å². The third-order valence-corrected chi connectivity index (χ3v) is 5.82. The predicted molar refractivity (Wildman–Crippen MR) is 123 cm³/mol. The lowest BCUT2D eigenvalue weighted by Gasteiger charge is -2.33. The molecule has 1 aliphatic heterocycles. The van der Waals surface area contributed by atoms with Gasteiger partial charge in [-0.1, -0.05) is 6.07 Å². The molecule has 7 heteroatoms. The van der Waals surface area contributed by atoms with Crippen molar-refractivity contribution in [3.63, 3.8) is 0 Å². The molecule has 1 saturated heterocycles. The number of hydrogen-bond acceptors (Lipinski definition) is 6. The molecule has 2 heterocycles. The average molecular weight is 431 g/mol. The number of benzene rings is 1. The molecule has 1 fully saturated rings. The summed E-state index contributed by atoms with van der Waals surface area (Å²) >= 11 is 0. The molecule has 0 N–H and O–H groups in total. The standard InChI is InChI=1S/C24H38N4O3/c1-4-30-24-17-22(5-6-23(24)31-16-14-28-12-9-25-20-28)19-26(2)18-21-7-10-27(11-8-21)13-15-29-3/h5-6,9,12,17,20-21H,4,7-8,10-11,13-16,18-19H2,1-3H3. The Morgan fingerprint density at radius 1 is 1.10 bits per heavy atom. The van der Waals surface area contributed by atoms with Crippen LogP contribution in [0.2, 0.25) is 0 Å². The lowest BCUT2D eigenvalue weighted by atomic mass is 9.96. The van der Waals surface area contributed by atoms with Crippen molar-refractivity contribution in [3.8, 4) is 11.5 Å². The van der Waals surface area contributed by atoms with Gasteiger partial charge in [0.1, 0.15) is 6.61 Å². The van der Waals surface area contributed by atoms with Crippen molar-refractivity contribution in [1.29, 1.82) is 0 Å². The van der Waals surface area contributed by atoms with E-state index in [9.17, 15) is 0 Å². The number of likely N-dealkylation sites (tertiary alicyclic amines) is 1. The Morgan fingerprint density at radius 3 is 2.65 bits per heavy atom. The summed E-state index contributed by atoms with van der Waals surface area (Å²) in [6, 6.07) is 6.31. The van der Waals surface area contributed by atoms with Crippen molar-refractivity contribution in [2.75, 3.05) is 60.2 Å². The molecule has 1 aromatic carbocycles. The van der Waals surface area contributed by atoms with Crippen LogP contribution in [-0.4, -0.2) is 79.5 Å². The van der Waals surface area contributed by atoms with Crippen LogP contribution in [0.5, 0.6) is 11.5 Å². The fourth-order valence-electron chi connectivity index (χ4n) is 4.15. The summed E-state index contributed by atoms with van der Waals surface area (Å²) in [6.45, 7) is 10.3. The van der Waals surface area contributed by atoms with E-state index in [1.54, 1.807) is 19.6 Å². The summed E-state index contributed by atoms with van der Waals surface area (Å²) in [6.07, 6.45) is 8.05. The molecule has 0 radical (unpaired) electrons. The minimum atomic E-state index is 0.582. The van der Waals surface area contributed by atoms with Crippen LogP contribution in [-0.2, 0) is 17.8 Å². The maximum Gasteiger partial charge on any atom is 0.161 e. The van der Waals surface area contributed by atoms with Gasteiger partial charge in [0.25, 0.3) is 0 Å². The fraction of sp³-hybridized carbons (Fsp3) is 0.625. The smallest absolute Gasteiger partial charge is 0.161 e. The molecule has 2 aromatic rings. The van der Waals surface area contributed by atoms with Gasteiger partial charge in [0.05, 0.1) is 26.1 Å². The van der Waals surface area contributed by atoms with E-state index in [1.807, 2.05) is 23.8 Å². The van der Waals surface area contributed by atoms with E-state index in [0.29, 0.717) is 13.2 Å². The van der Waals surface area contributed by atoms with E-state index >= 15 is 0 Å². The van der Waals surface area contributed by atoms with Gasteiger partial charge >= 0.3 is 0 Å². The maximum atomic E-state index is 5.98. The van der Waals surface area contributed by atoms with Crippen LogP contribution in [0, 0.1) is 5.92 Å². The van der Waals surface area contributed by atoms with Gasteiger partial charge in [-0.25, -0.2) is 4.98 Å². The molecule has 0 amide bonds. The second-order valence-electron chi connectivity index (χ2n) is 8.34. The zero-order chi connectivity index (χ0) is 21.9. The van der Waals surface area contributed by atoms with Gasteiger partial charge in [0.2, 0.25) is 0 Å². The number of hydrogen-bond donors (Lipinski definition) is 0. The van der Waals surface area contributed by atoms with E-state index < -0.39 is 0 Å². The zero-order valence-corrected chi connectivity index (χ0v) is 19.3. The third-order valence-electron chi connectivity index (χ3n) is 5.82. The van der Waals surface area contributed by atoms with E-state index in [4.69, 9.17) is 14.2 Å². The summed E-state index contributed by atoms with van der Waals surface area (Å²) in [4.78, 5) is 9.01. The summed E-state index contributed by atoms with van der Waals surface area (Å²) in [7, 11) is 3.99. The molecule has 172 valence electrons. The zero-order valence-electron chi connectivity index (χ0n) is 19.3. The molecule has 1 aliphatic rings. The highest BCUT2D eigenvalue weighted by Crippen LogP contribution is 2.29. The molecule has 0 aliphatic carbocycles. The molecule has 31 heavy (non-hydrogen) atoms. The Morgan fingerprint density at radius 2 is 1.94 bits per heavy atom. The summed E-state index contributed by atoms with van der Waals surface area (Å²) in [5.41, 5.74) is 1.26. The highest BCUT2D eigenvalue weighted by molar-refractivity contribution is 5.43. The van der Waals surface area contributed by atoms with Crippen molar-refractivity contribution in [2.24, 2.45) is 5.92 Å². The van der Waals surface area contributed by atoms with Gasteiger partial charge in [0.15, 0.2) is 11.5 Å². The highest BCUT2D eigenvalue weighted by Gasteiger charge is 2.20. The molecule has 0 atom stereocenters. The SMILES string of the molecule is CCOc1cc(CN(C)CC2CCN(CCOC)CC2)ccc1OCCn1ccnc1. The Hall–Kier alpha value is -2.09. The quantitative estimate of drug-likeness (QED) is 0.487. The molecule has 7 nitrogen and oxygen atoms in total. The van der Waals surface area contributed by atoms with Crippen molar-refractivity contribution in [3.05, 3.63) is 42.5 Å². The van der Waals surface area contributed by atoms with Crippen LogP contribution in [0.25, 0.3) is 0 Å². The van der Waals surface area contributed by atoms with E-state index in [0.717, 1.165) is 50.2 Å². The van der Waals surface area contributed by atoms with Crippen LogP contribution < -0.4 is 9.47 Å². The van der Waals surface area contributed by atoms with Crippen molar-refractivity contribution >= 4 is 0 Å². The largest absolute Gasteiger partial charge is 0.490 e. The number of aromatic nitrogens is 2. The van der Waals surface area contributed by atoms with Crippen molar-refractivity contribution in [1.82, 2.24) is 19.4 Å². The molecule has 0 bridgehead atoms. The molecule has 0 unspecified atom stereocenters. The lowest BCUT2D eigenvalue weighted by molar-refractivity contribution is 0.110. The molecule has 1 aromatic heterocycles. The number of nitrogens with zero attached hydrogens (tertiary/aromatic N) is 4. The number of ether oxygens (including phenoxy) is 3. The van der Waals surface area contributed by atoms with E-state index in [1.165, 1.54) is 31.5 Å². The Kier molecular flexibility index (Phi) is 9.65. The number of methoxy groups -OCH3 is 1. The Balaban J connectivity index is 1.47. The average Bonchev–Trinajstić information content (AvgIpc) is 3.28. The topological polar surface area (TPSA) is 52.0 Å². The first-order valence-corrected chi connectivity index (χ1v) is 11.4. The molecular formula is C24H38N4O3. The number of imidazole rings is 1. The summed E-state index contributed by atoms with van der Waals surface area (Å²) in [5.74, 6) is 2.39. The van der Waals surface area contributed by atoms with Crippen LogP contribution in [0.4, 0.5) is 0 Å². The monoisotopic (exact) mass is 430 g/mol. The predicted octanol–water partition coefficient (Wildman–Crippen LogP) is 3.15. The molecule has 0 saturated carbocycles. The molecular weight excluding hydrogens is 392 g/mol. The van der Waals surface area contributed by atoms with Gasteiger partial charge < -0.3 is 28.6 Å². The van der Waals surface area contributed by atoms with Gasteiger partial charge in [0, 0.05) is 39.1 Å². The minimum Gasteiger partial charge on any atom is -0.490 e. The van der Waals surface area contributed by atoms with Gasteiger partial charge in [-0.15, -0.1) is 0 Å². The number of piperidine rings is 1. The fourth-order valence-corrected chi connectivity index (χ4v) is 4.15. The van der Waals surface area contributed by atoms with Crippen LogP contribution >= 0.6 is 0 Å². The first kappa shape index (κ1) is 23.6. The minimum absolute atomic E-state index is 0.582. The van der Waals surface area contributed by atoms with Crippen LogP contribution in [0.15, 0.2) is 36.9 Å². The second kappa shape index (κ2) is 12.7. The second-order valence-corrected chi connectivity index (χ2v) is 8.34. The lowest BCUT2D eigenvalue weighted by Crippen LogP contribution is -2.39. The molecule has 3 rings (SSSR count). The Bertz CT molecular complexity index is 745. The van der Waals surface area contributed by atoms with E-state index in [-0.39, 0.29) is 0 Å². The summed E-state index contributed by atoms with van der Waals surface area (Å²) in [5, 5.41) is 0. The summed E-state index contributed by atoms with van der Waals surface area (Å²) < 4.78 is 19.1. The third kappa shape index (κ3) is 7.83. The van der Waals surface area contributed by atoms with Crippen molar-refractivity contribution in [2.45, 2.75) is 32.9 Å². The normalized spacial score (nSPS) is 15.5. The maximum absolute atomic E-state index is 5.98. The first-order chi connectivity index (χ1) is 15.2. The van der Waals surface area contributed by atoms with Gasteiger partial charge in [-0.05, 0) is 63.5 Å². The highest BCUT2D eigenvalue weighted by atomic mass is 16.5. The van der Waals surface area contributed by atoms with Crippen LogP contribution in [0.1, 0.15) is 25.3 Å². The Labute approximate surface area is 186 Å².